The van der Waals surface area contributed by atoms with Gasteiger partial charge in [0, 0.05) is 34.4 Å². The predicted octanol–water partition coefficient (Wildman–Crippen LogP) is 3.60. The number of benzene rings is 2. The third kappa shape index (κ3) is 3.51. The zero-order valence-corrected chi connectivity index (χ0v) is 12.2. The molecule has 0 aliphatic carbocycles. The lowest BCUT2D eigenvalue weighted by atomic mass is 10.2. The molecule has 20 heavy (non-hydrogen) atoms. The van der Waals surface area contributed by atoms with Crippen LogP contribution >= 0.6 is 23.2 Å². The Labute approximate surface area is 127 Å². The smallest absolute Gasteiger partial charge is 0.258 e. The summed E-state index contributed by atoms with van der Waals surface area (Å²) in [5, 5.41) is 1.22. The van der Waals surface area contributed by atoms with Crippen molar-refractivity contribution in [2.75, 3.05) is 18.0 Å². The van der Waals surface area contributed by atoms with Gasteiger partial charge in [-0.3, -0.25) is 4.79 Å². The quantitative estimate of drug-likeness (QED) is 0.938. The number of hydrogen-bond acceptors (Lipinski definition) is 2. The second-order valence-corrected chi connectivity index (χ2v) is 5.10. The molecule has 2 N–H and O–H groups in total. The van der Waals surface area contributed by atoms with Crippen LogP contribution in [-0.4, -0.2) is 19.0 Å². The van der Waals surface area contributed by atoms with Gasteiger partial charge >= 0.3 is 0 Å². The summed E-state index contributed by atoms with van der Waals surface area (Å²) in [5.41, 5.74) is 6.93. The maximum absolute atomic E-state index is 12.5. The van der Waals surface area contributed by atoms with Gasteiger partial charge in [-0.2, -0.15) is 0 Å². The summed E-state index contributed by atoms with van der Waals surface area (Å²) in [5.74, 6) is -0.116. The number of hydrogen-bond donors (Lipinski definition) is 1. The number of rotatable bonds is 4. The first-order chi connectivity index (χ1) is 9.61. The van der Waals surface area contributed by atoms with Crippen LogP contribution in [0.1, 0.15) is 10.4 Å². The summed E-state index contributed by atoms with van der Waals surface area (Å²) >= 11 is 11.7. The van der Waals surface area contributed by atoms with Crippen LogP contribution in [-0.2, 0) is 0 Å². The van der Waals surface area contributed by atoms with Crippen LogP contribution in [0.15, 0.2) is 48.5 Å². The number of carbonyl (C=O) groups is 1. The summed E-state index contributed by atoms with van der Waals surface area (Å²) in [6.07, 6.45) is 0. The van der Waals surface area contributed by atoms with E-state index < -0.39 is 0 Å². The van der Waals surface area contributed by atoms with Crippen molar-refractivity contribution in [3.63, 3.8) is 0 Å². The molecule has 0 atom stereocenters. The van der Waals surface area contributed by atoms with E-state index in [4.69, 9.17) is 28.9 Å². The fourth-order valence-corrected chi connectivity index (χ4v) is 2.10. The van der Waals surface area contributed by atoms with Crippen molar-refractivity contribution in [2.45, 2.75) is 0 Å². The van der Waals surface area contributed by atoms with Crippen molar-refractivity contribution in [1.29, 1.82) is 0 Å². The van der Waals surface area contributed by atoms with Gasteiger partial charge < -0.3 is 10.6 Å². The normalized spacial score (nSPS) is 10.3. The summed E-state index contributed by atoms with van der Waals surface area (Å²) in [7, 11) is 0. The summed E-state index contributed by atoms with van der Waals surface area (Å²) < 4.78 is 0. The Morgan fingerprint density at radius 3 is 1.95 bits per heavy atom. The topological polar surface area (TPSA) is 46.3 Å². The van der Waals surface area contributed by atoms with Crippen molar-refractivity contribution < 1.29 is 4.79 Å². The molecule has 0 aliphatic heterocycles. The molecule has 3 nitrogen and oxygen atoms in total. The number of amides is 1. The molecule has 0 unspecified atom stereocenters. The minimum Gasteiger partial charge on any atom is -0.329 e. The molecule has 2 aromatic carbocycles. The third-order valence-electron chi connectivity index (χ3n) is 2.83. The molecule has 0 saturated heterocycles. The highest BCUT2D eigenvalue weighted by Gasteiger charge is 2.16. The first kappa shape index (κ1) is 14.9. The van der Waals surface area contributed by atoms with Gasteiger partial charge in [0.05, 0.1) is 0 Å². The van der Waals surface area contributed by atoms with Gasteiger partial charge in [0.2, 0.25) is 0 Å². The van der Waals surface area contributed by atoms with E-state index in [1.165, 1.54) is 0 Å². The molecule has 1 amide bonds. The van der Waals surface area contributed by atoms with E-state index in [2.05, 4.69) is 0 Å². The largest absolute Gasteiger partial charge is 0.329 e. The van der Waals surface area contributed by atoms with Crippen LogP contribution < -0.4 is 10.6 Å². The molecule has 0 fully saturated rings. The Morgan fingerprint density at radius 1 is 0.950 bits per heavy atom. The highest BCUT2D eigenvalue weighted by atomic mass is 35.5. The van der Waals surface area contributed by atoms with E-state index in [1.807, 2.05) is 0 Å². The zero-order valence-electron chi connectivity index (χ0n) is 10.7. The van der Waals surface area contributed by atoms with Gasteiger partial charge in [-0.15, -0.1) is 0 Å². The predicted molar refractivity (Wildman–Crippen MR) is 83.6 cm³/mol. The van der Waals surface area contributed by atoms with Crippen LogP contribution in [0, 0.1) is 0 Å². The molecule has 104 valence electrons. The fourth-order valence-electron chi connectivity index (χ4n) is 1.85. The van der Waals surface area contributed by atoms with E-state index in [-0.39, 0.29) is 5.91 Å². The van der Waals surface area contributed by atoms with Crippen molar-refractivity contribution >= 4 is 34.8 Å². The molecular formula is C15H14Cl2N2O. The molecular weight excluding hydrogens is 295 g/mol. The molecule has 2 aromatic rings. The van der Waals surface area contributed by atoms with Crippen LogP contribution in [0.2, 0.25) is 10.0 Å². The van der Waals surface area contributed by atoms with Gasteiger partial charge in [0.25, 0.3) is 5.91 Å². The zero-order chi connectivity index (χ0) is 14.5. The minimum atomic E-state index is -0.116. The number of anilines is 1. The van der Waals surface area contributed by atoms with E-state index in [0.717, 1.165) is 5.69 Å². The number of carbonyl (C=O) groups excluding carboxylic acids is 1. The maximum Gasteiger partial charge on any atom is 0.258 e. The minimum absolute atomic E-state index is 0.116. The lowest BCUT2D eigenvalue weighted by molar-refractivity contribution is 0.0987. The third-order valence-corrected chi connectivity index (χ3v) is 3.33. The molecule has 0 spiro atoms. The maximum atomic E-state index is 12.5. The number of nitrogens with zero attached hydrogens (tertiary/aromatic N) is 1. The molecule has 0 bridgehead atoms. The lowest BCUT2D eigenvalue weighted by Crippen LogP contribution is -2.35. The Bertz CT molecular complexity index is 582. The van der Waals surface area contributed by atoms with Crippen molar-refractivity contribution in [3.05, 3.63) is 64.1 Å². The number of halogens is 2. The molecule has 2 rings (SSSR count). The van der Waals surface area contributed by atoms with Gasteiger partial charge in [0.1, 0.15) is 0 Å². The highest BCUT2D eigenvalue weighted by Crippen LogP contribution is 2.20. The standard InChI is InChI=1S/C15H14Cl2N2O/c16-12-3-1-11(2-4-12)15(20)19(10-9-18)14-7-5-13(17)6-8-14/h1-8H,9-10,18H2. The van der Waals surface area contributed by atoms with Crippen LogP contribution in [0.5, 0.6) is 0 Å². The Balaban J connectivity index is 2.30. The molecule has 0 aliphatic rings. The second-order valence-electron chi connectivity index (χ2n) is 4.23. The van der Waals surface area contributed by atoms with E-state index in [9.17, 15) is 4.79 Å². The SMILES string of the molecule is NCCN(C(=O)c1ccc(Cl)cc1)c1ccc(Cl)cc1. The van der Waals surface area contributed by atoms with E-state index in [1.54, 1.807) is 53.4 Å². The van der Waals surface area contributed by atoms with Crippen molar-refractivity contribution in [3.8, 4) is 0 Å². The molecule has 5 heteroatoms. The number of nitrogens with two attached hydrogens (primary N) is 1. The first-order valence-electron chi connectivity index (χ1n) is 6.15. The van der Waals surface area contributed by atoms with Gasteiger partial charge in [0.15, 0.2) is 0 Å². The van der Waals surface area contributed by atoms with Crippen molar-refractivity contribution in [2.24, 2.45) is 5.73 Å². The van der Waals surface area contributed by atoms with Crippen LogP contribution in [0.4, 0.5) is 5.69 Å². The van der Waals surface area contributed by atoms with E-state index >= 15 is 0 Å². The van der Waals surface area contributed by atoms with Crippen LogP contribution in [0.3, 0.4) is 0 Å². The second kappa shape index (κ2) is 6.75. The average Bonchev–Trinajstić information content (AvgIpc) is 2.46. The molecule has 0 heterocycles. The lowest BCUT2D eigenvalue weighted by Gasteiger charge is -2.22. The van der Waals surface area contributed by atoms with Gasteiger partial charge in [-0.25, -0.2) is 0 Å². The van der Waals surface area contributed by atoms with Crippen LogP contribution in [0.25, 0.3) is 0 Å². The fraction of sp³-hybridized carbons (Fsp3) is 0.133. The van der Waals surface area contributed by atoms with Crippen molar-refractivity contribution in [1.82, 2.24) is 0 Å². The summed E-state index contributed by atoms with van der Waals surface area (Å²) in [4.78, 5) is 14.2. The molecule has 0 aromatic heterocycles. The Hall–Kier alpha value is -1.55. The Kier molecular flexibility index (Phi) is 5.01. The molecule has 0 radical (unpaired) electrons. The Morgan fingerprint density at radius 2 is 1.45 bits per heavy atom. The summed E-state index contributed by atoms with van der Waals surface area (Å²) in [6, 6.07) is 13.9. The first-order valence-corrected chi connectivity index (χ1v) is 6.90. The highest BCUT2D eigenvalue weighted by molar-refractivity contribution is 6.31. The van der Waals surface area contributed by atoms with E-state index in [0.29, 0.717) is 28.7 Å². The summed E-state index contributed by atoms with van der Waals surface area (Å²) in [6.45, 7) is 0.811. The van der Waals surface area contributed by atoms with Gasteiger partial charge in [-0.1, -0.05) is 23.2 Å². The van der Waals surface area contributed by atoms with Gasteiger partial charge in [-0.05, 0) is 48.5 Å². The monoisotopic (exact) mass is 308 g/mol. The molecule has 0 saturated carbocycles. The average molecular weight is 309 g/mol.